The lowest BCUT2D eigenvalue weighted by Crippen LogP contribution is -2.41. The second kappa shape index (κ2) is 4.22. The van der Waals surface area contributed by atoms with Crippen LogP contribution in [0.2, 0.25) is 0 Å². The van der Waals surface area contributed by atoms with Gasteiger partial charge in [0.15, 0.2) is 0 Å². The lowest BCUT2D eigenvalue weighted by Gasteiger charge is -2.32. The monoisotopic (exact) mass is 260 g/mol. The fourth-order valence-corrected chi connectivity index (χ4v) is 2.05. The summed E-state index contributed by atoms with van der Waals surface area (Å²) in [6, 6.07) is 4.65. The summed E-state index contributed by atoms with van der Waals surface area (Å²) in [6.07, 6.45) is 4.34. The van der Waals surface area contributed by atoms with Gasteiger partial charge < -0.3 is 14.6 Å². The Balaban J connectivity index is 1.72. The van der Waals surface area contributed by atoms with Gasteiger partial charge in [0.25, 0.3) is 0 Å². The molecule has 3 rings (SSSR count). The molecule has 19 heavy (non-hydrogen) atoms. The lowest BCUT2D eigenvalue weighted by atomic mass is 9.80. The van der Waals surface area contributed by atoms with Crippen molar-refractivity contribution < 1.29 is 9.31 Å². The Hall–Kier alpha value is -1.07. The molecule has 4 nitrogen and oxygen atoms in total. The van der Waals surface area contributed by atoms with E-state index in [1.807, 2.05) is 18.3 Å². The fraction of sp³-hybridized carbons (Fsp3) is 0.643. The van der Waals surface area contributed by atoms with Crippen molar-refractivity contribution in [1.29, 1.82) is 0 Å². The lowest BCUT2D eigenvalue weighted by molar-refractivity contribution is 0.00578. The molecular formula is C14H21BN2O2. The van der Waals surface area contributed by atoms with Crippen LogP contribution in [-0.4, -0.2) is 29.3 Å². The van der Waals surface area contributed by atoms with E-state index >= 15 is 0 Å². The molecule has 5 heteroatoms. The van der Waals surface area contributed by atoms with E-state index in [9.17, 15) is 0 Å². The van der Waals surface area contributed by atoms with Gasteiger partial charge in [0.05, 0.1) is 11.2 Å². The smallest absolute Gasteiger partial charge is 0.399 e. The van der Waals surface area contributed by atoms with Crippen molar-refractivity contribution in [2.75, 3.05) is 5.32 Å². The van der Waals surface area contributed by atoms with Crippen LogP contribution < -0.4 is 10.8 Å². The van der Waals surface area contributed by atoms with Crippen molar-refractivity contribution in [2.45, 2.75) is 57.8 Å². The molecule has 1 saturated carbocycles. The molecule has 0 bridgehead atoms. The Bertz CT molecular complexity index is 453. The molecule has 1 aromatic heterocycles. The number of anilines is 1. The fourth-order valence-electron chi connectivity index (χ4n) is 2.05. The quantitative estimate of drug-likeness (QED) is 0.843. The molecule has 102 valence electrons. The normalized spacial score (nSPS) is 24.5. The number of rotatable bonds is 3. The van der Waals surface area contributed by atoms with Crippen molar-refractivity contribution >= 4 is 18.4 Å². The van der Waals surface area contributed by atoms with Crippen molar-refractivity contribution in [3.05, 3.63) is 18.3 Å². The third kappa shape index (κ3) is 2.49. The van der Waals surface area contributed by atoms with Crippen LogP contribution in [0.1, 0.15) is 40.5 Å². The summed E-state index contributed by atoms with van der Waals surface area (Å²) >= 11 is 0. The molecule has 0 atom stereocenters. The van der Waals surface area contributed by atoms with Gasteiger partial charge in [-0.2, -0.15) is 0 Å². The first kappa shape index (κ1) is 12.9. The number of hydrogen-bond donors (Lipinski definition) is 1. The summed E-state index contributed by atoms with van der Waals surface area (Å²) in [5.41, 5.74) is 0.366. The van der Waals surface area contributed by atoms with Crippen molar-refractivity contribution in [2.24, 2.45) is 0 Å². The minimum atomic E-state index is -0.326. The van der Waals surface area contributed by atoms with Crippen LogP contribution in [0.3, 0.4) is 0 Å². The van der Waals surface area contributed by atoms with Crippen molar-refractivity contribution in [1.82, 2.24) is 4.98 Å². The molecule has 2 fully saturated rings. The average molecular weight is 260 g/mol. The van der Waals surface area contributed by atoms with E-state index in [1.54, 1.807) is 0 Å². The highest BCUT2D eigenvalue weighted by Gasteiger charge is 2.51. The molecular weight excluding hydrogens is 239 g/mol. The average Bonchev–Trinajstić information content (AvgIpc) is 3.08. The first-order chi connectivity index (χ1) is 8.87. The van der Waals surface area contributed by atoms with Gasteiger partial charge in [-0.05, 0) is 46.6 Å². The van der Waals surface area contributed by atoms with Crippen LogP contribution in [0.15, 0.2) is 18.3 Å². The molecule has 0 unspecified atom stereocenters. The van der Waals surface area contributed by atoms with Gasteiger partial charge in [0, 0.05) is 17.7 Å². The first-order valence-electron chi connectivity index (χ1n) is 6.95. The largest absolute Gasteiger partial charge is 0.496 e. The SMILES string of the molecule is CC1(C)OB(c2ccc(NC3CC3)nc2)OC1(C)C. The Morgan fingerprint density at radius 2 is 1.79 bits per heavy atom. The number of aromatic nitrogens is 1. The maximum absolute atomic E-state index is 6.00. The van der Waals surface area contributed by atoms with Gasteiger partial charge in [-0.15, -0.1) is 0 Å². The van der Waals surface area contributed by atoms with Crippen molar-refractivity contribution in [3.8, 4) is 0 Å². The zero-order valence-corrected chi connectivity index (χ0v) is 12.1. The molecule has 0 aromatic carbocycles. The second-order valence-corrected chi connectivity index (χ2v) is 6.48. The highest BCUT2D eigenvalue weighted by molar-refractivity contribution is 6.62. The highest BCUT2D eigenvalue weighted by Crippen LogP contribution is 2.36. The molecule has 2 aliphatic rings. The van der Waals surface area contributed by atoms with Gasteiger partial charge in [-0.1, -0.05) is 6.07 Å². The topological polar surface area (TPSA) is 43.4 Å². The van der Waals surface area contributed by atoms with Crippen LogP contribution in [-0.2, 0) is 9.31 Å². The van der Waals surface area contributed by atoms with Gasteiger partial charge in [-0.3, -0.25) is 0 Å². The standard InChI is InChI=1S/C14H21BN2O2/c1-13(2)14(3,4)19-15(18-13)10-5-8-12(16-9-10)17-11-6-7-11/h5,8-9,11H,6-7H2,1-4H3,(H,16,17). The van der Waals surface area contributed by atoms with Crippen LogP contribution in [0.4, 0.5) is 5.82 Å². The minimum absolute atomic E-state index is 0.303. The second-order valence-electron chi connectivity index (χ2n) is 6.48. The van der Waals surface area contributed by atoms with E-state index in [0.29, 0.717) is 6.04 Å². The van der Waals surface area contributed by atoms with Crippen LogP contribution in [0, 0.1) is 0 Å². The molecule has 1 saturated heterocycles. The van der Waals surface area contributed by atoms with Crippen LogP contribution in [0.25, 0.3) is 0 Å². The number of pyridine rings is 1. The van der Waals surface area contributed by atoms with Crippen molar-refractivity contribution in [3.63, 3.8) is 0 Å². The Kier molecular flexibility index (Phi) is 2.87. The Morgan fingerprint density at radius 3 is 2.26 bits per heavy atom. The van der Waals surface area contributed by atoms with Crippen LogP contribution >= 0.6 is 0 Å². The summed E-state index contributed by atoms with van der Waals surface area (Å²) in [6.45, 7) is 8.24. The van der Waals surface area contributed by atoms with Gasteiger partial charge in [0.2, 0.25) is 0 Å². The van der Waals surface area contributed by atoms with Crippen LogP contribution in [0.5, 0.6) is 0 Å². The van der Waals surface area contributed by atoms with E-state index in [1.165, 1.54) is 12.8 Å². The predicted molar refractivity (Wildman–Crippen MR) is 76.6 cm³/mol. The summed E-state index contributed by atoms with van der Waals surface area (Å²) in [4.78, 5) is 4.43. The van der Waals surface area contributed by atoms with E-state index in [2.05, 4.69) is 38.0 Å². The molecule has 2 heterocycles. The number of nitrogens with one attached hydrogen (secondary N) is 1. The zero-order valence-electron chi connectivity index (χ0n) is 12.1. The first-order valence-corrected chi connectivity index (χ1v) is 6.95. The Labute approximate surface area is 115 Å². The highest BCUT2D eigenvalue weighted by atomic mass is 16.7. The summed E-state index contributed by atoms with van der Waals surface area (Å²) in [7, 11) is -0.326. The van der Waals surface area contributed by atoms with Gasteiger partial charge in [-0.25, -0.2) is 4.98 Å². The zero-order chi connectivity index (χ0) is 13.7. The molecule has 1 aliphatic carbocycles. The molecule has 1 N–H and O–H groups in total. The Morgan fingerprint density at radius 1 is 1.16 bits per heavy atom. The summed E-state index contributed by atoms with van der Waals surface area (Å²) < 4.78 is 12.0. The molecule has 0 radical (unpaired) electrons. The summed E-state index contributed by atoms with van der Waals surface area (Å²) in [5, 5.41) is 3.37. The maximum atomic E-state index is 6.00. The molecule has 0 amide bonds. The van der Waals surface area contributed by atoms with E-state index < -0.39 is 0 Å². The van der Waals surface area contributed by atoms with E-state index in [-0.39, 0.29) is 18.3 Å². The maximum Gasteiger partial charge on any atom is 0.496 e. The molecule has 0 spiro atoms. The minimum Gasteiger partial charge on any atom is -0.399 e. The van der Waals surface area contributed by atoms with Gasteiger partial charge >= 0.3 is 7.12 Å². The number of nitrogens with zero attached hydrogens (tertiary/aromatic N) is 1. The predicted octanol–water partition coefficient (Wildman–Crippen LogP) is 1.96. The molecule has 1 aromatic rings. The van der Waals surface area contributed by atoms with E-state index in [0.717, 1.165) is 11.3 Å². The number of hydrogen-bond acceptors (Lipinski definition) is 4. The summed E-state index contributed by atoms with van der Waals surface area (Å²) in [5.74, 6) is 0.933. The third-order valence-electron chi connectivity index (χ3n) is 4.24. The van der Waals surface area contributed by atoms with Gasteiger partial charge in [0.1, 0.15) is 5.82 Å². The molecule has 1 aliphatic heterocycles. The third-order valence-corrected chi connectivity index (χ3v) is 4.24. The van der Waals surface area contributed by atoms with E-state index in [4.69, 9.17) is 9.31 Å².